The molecule has 2 aromatic carbocycles. The van der Waals surface area contributed by atoms with Gasteiger partial charge in [0, 0.05) is 63.6 Å². The third kappa shape index (κ3) is 8.35. The van der Waals surface area contributed by atoms with Crippen LogP contribution in [0, 0.1) is 0 Å². The van der Waals surface area contributed by atoms with Gasteiger partial charge in [0.1, 0.15) is 0 Å². The zero-order valence-corrected chi connectivity index (χ0v) is 22.1. The van der Waals surface area contributed by atoms with Gasteiger partial charge in [-0.2, -0.15) is 0 Å². The zero-order valence-electron chi connectivity index (χ0n) is 22.1. The van der Waals surface area contributed by atoms with Crippen molar-refractivity contribution in [3.05, 3.63) is 78.4 Å². The largest absolute Gasteiger partial charge is 0.490 e. The van der Waals surface area contributed by atoms with Crippen LogP contribution in [-0.2, 0) is 24.4 Å². The average molecular weight is 505 g/mol. The van der Waals surface area contributed by atoms with Gasteiger partial charge in [0.2, 0.25) is 5.91 Å². The molecule has 1 amide bonds. The van der Waals surface area contributed by atoms with Crippen LogP contribution >= 0.6 is 0 Å². The van der Waals surface area contributed by atoms with Crippen molar-refractivity contribution in [2.75, 3.05) is 32.8 Å². The van der Waals surface area contributed by atoms with Crippen LogP contribution in [0.25, 0.3) is 0 Å². The molecule has 0 atom stereocenters. The fourth-order valence-electron chi connectivity index (χ4n) is 4.78. The molecule has 1 aromatic heterocycles. The van der Waals surface area contributed by atoms with Gasteiger partial charge in [0.15, 0.2) is 11.5 Å². The van der Waals surface area contributed by atoms with Crippen molar-refractivity contribution in [1.29, 1.82) is 0 Å². The van der Waals surface area contributed by atoms with Crippen LogP contribution in [0.1, 0.15) is 50.2 Å². The minimum Gasteiger partial charge on any atom is -0.490 e. The Morgan fingerprint density at radius 3 is 2.73 bits per heavy atom. The van der Waals surface area contributed by atoms with Crippen LogP contribution in [0.15, 0.2) is 67.3 Å². The summed E-state index contributed by atoms with van der Waals surface area (Å²) in [6.45, 7) is 7.91. The SMILES string of the molecule is CCOc1cccc2c1OCCCCCN(C(=O)CCCn1ccnc1)CCN(Cc1ccccc1)C2. The number of nitrogens with zero attached hydrogens (tertiary/aromatic N) is 4. The van der Waals surface area contributed by atoms with E-state index in [1.807, 2.05) is 42.2 Å². The maximum absolute atomic E-state index is 13.2. The highest BCUT2D eigenvalue weighted by atomic mass is 16.5. The minimum absolute atomic E-state index is 0.241. The second-order valence-electron chi connectivity index (χ2n) is 9.57. The van der Waals surface area contributed by atoms with Crippen molar-refractivity contribution >= 4 is 5.91 Å². The number of imidazole rings is 1. The molecule has 0 saturated heterocycles. The lowest BCUT2D eigenvalue weighted by Gasteiger charge is -2.28. The number of aryl methyl sites for hydroxylation is 1. The van der Waals surface area contributed by atoms with Crippen molar-refractivity contribution in [1.82, 2.24) is 19.4 Å². The molecule has 0 aliphatic carbocycles. The van der Waals surface area contributed by atoms with Crippen molar-refractivity contribution < 1.29 is 14.3 Å². The fourth-order valence-corrected chi connectivity index (χ4v) is 4.78. The molecule has 0 unspecified atom stereocenters. The van der Waals surface area contributed by atoms with Crippen molar-refractivity contribution in [2.45, 2.75) is 58.7 Å². The Morgan fingerprint density at radius 2 is 1.92 bits per heavy atom. The predicted molar refractivity (Wildman–Crippen MR) is 146 cm³/mol. The van der Waals surface area contributed by atoms with Gasteiger partial charge >= 0.3 is 0 Å². The number of amides is 1. The van der Waals surface area contributed by atoms with Gasteiger partial charge in [-0.1, -0.05) is 42.5 Å². The molecule has 0 N–H and O–H groups in total. The summed E-state index contributed by atoms with van der Waals surface area (Å²) in [7, 11) is 0. The number of para-hydroxylation sites is 1. The lowest BCUT2D eigenvalue weighted by Crippen LogP contribution is -2.39. The van der Waals surface area contributed by atoms with Crippen LogP contribution in [-0.4, -0.2) is 58.1 Å². The van der Waals surface area contributed by atoms with E-state index >= 15 is 0 Å². The first-order valence-electron chi connectivity index (χ1n) is 13.6. The molecule has 1 aliphatic rings. The van der Waals surface area contributed by atoms with E-state index in [1.165, 1.54) is 5.56 Å². The monoisotopic (exact) mass is 504 g/mol. The molecule has 0 fully saturated rings. The van der Waals surface area contributed by atoms with Gasteiger partial charge in [-0.05, 0) is 44.2 Å². The highest BCUT2D eigenvalue weighted by Crippen LogP contribution is 2.33. The van der Waals surface area contributed by atoms with Crippen LogP contribution in [0.4, 0.5) is 0 Å². The molecule has 0 saturated carbocycles. The number of ether oxygens (including phenoxy) is 2. The number of carbonyl (C=O) groups excluding carboxylic acids is 1. The Kier molecular flexibility index (Phi) is 10.4. The van der Waals surface area contributed by atoms with Gasteiger partial charge in [-0.3, -0.25) is 9.69 Å². The molecule has 1 aliphatic heterocycles. The average Bonchev–Trinajstić information content (AvgIpc) is 3.43. The van der Waals surface area contributed by atoms with Crippen LogP contribution in [0.2, 0.25) is 0 Å². The molecule has 7 heteroatoms. The second-order valence-corrected chi connectivity index (χ2v) is 9.57. The summed E-state index contributed by atoms with van der Waals surface area (Å²) in [5.41, 5.74) is 2.38. The number of fused-ring (bicyclic) bond motifs is 1. The summed E-state index contributed by atoms with van der Waals surface area (Å²) in [5.74, 6) is 1.91. The van der Waals surface area contributed by atoms with Crippen molar-refractivity contribution in [3.63, 3.8) is 0 Å². The minimum atomic E-state index is 0.241. The van der Waals surface area contributed by atoms with Crippen LogP contribution in [0.3, 0.4) is 0 Å². The van der Waals surface area contributed by atoms with Gasteiger partial charge in [0.05, 0.1) is 19.5 Å². The number of aromatic nitrogens is 2. The van der Waals surface area contributed by atoms with Crippen molar-refractivity contribution in [2.24, 2.45) is 0 Å². The van der Waals surface area contributed by atoms with E-state index in [0.29, 0.717) is 19.6 Å². The van der Waals surface area contributed by atoms with Gasteiger partial charge in [-0.25, -0.2) is 4.98 Å². The van der Waals surface area contributed by atoms with Gasteiger partial charge < -0.3 is 18.9 Å². The third-order valence-corrected chi connectivity index (χ3v) is 6.73. The highest BCUT2D eigenvalue weighted by Gasteiger charge is 2.19. The summed E-state index contributed by atoms with van der Waals surface area (Å²) < 4.78 is 14.3. The second kappa shape index (κ2) is 14.4. The molecular weight excluding hydrogens is 464 g/mol. The molecule has 3 aromatic rings. The number of benzene rings is 2. The molecular formula is C30H40N4O3. The van der Waals surface area contributed by atoms with E-state index in [1.54, 1.807) is 6.20 Å². The molecule has 37 heavy (non-hydrogen) atoms. The Balaban J connectivity index is 1.49. The lowest BCUT2D eigenvalue weighted by atomic mass is 10.1. The normalized spacial score (nSPS) is 15.5. The highest BCUT2D eigenvalue weighted by molar-refractivity contribution is 5.76. The standard InChI is InChI=1S/C30H40N4O3/c1-2-36-28-14-9-13-27-24-33(23-26-11-5-3-6-12-26)20-21-34(18-7-4-8-22-37-30(27)28)29(35)15-10-17-32-19-16-31-25-32/h3,5-6,9,11-14,16,19,25H,2,4,7-8,10,15,17-18,20-24H2,1H3. The van der Waals surface area contributed by atoms with E-state index in [9.17, 15) is 4.79 Å². The molecule has 2 heterocycles. The van der Waals surface area contributed by atoms with Crippen LogP contribution < -0.4 is 9.47 Å². The number of hydrogen-bond donors (Lipinski definition) is 0. The maximum atomic E-state index is 13.2. The molecule has 0 spiro atoms. The number of rotatable bonds is 8. The number of hydrogen-bond acceptors (Lipinski definition) is 5. The first kappa shape index (κ1) is 26.7. The number of carbonyl (C=O) groups is 1. The molecule has 7 nitrogen and oxygen atoms in total. The Bertz CT molecular complexity index is 1070. The molecule has 198 valence electrons. The van der Waals surface area contributed by atoms with E-state index < -0.39 is 0 Å². The van der Waals surface area contributed by atoms with Crippen LogP contribution in [0.5, 0.6) is 11.5 Å². The summed E-state index contributed by atoms with van der Waals surface area (Å²) in [4.78, 5) is 21.8. The van der Waals surface area contributed by atoms with E-state index in [4.69, 9.17) is 9.47 Å². The molecule has 0 radical (unpaired) electrons. The predicted octanol–water partition coefficient (Wildman–Crippen LogP) is 5.16. The fraction of sp³-hybridized carbons (Fsp3) is 0.467. The molecule has 0 bridgehead atoms. The Morgan fingerprint density at radius 1 is 1.03 bits per heavy atom. The van der Waals surface area contributed by atoms with Crippen molar-refractivity contribution in [3.8, 4) is 11.5 Å². The van der Waals surface area contributed by atoms with Gasteiger partial charge in [-0.15, -0.1) is 0 Å². The summed E-state index contributed by atoms with van der Waals surface area (Å²) >= 11 is 0. The smallest absolute Gasteiger partial charge is 0.222 e. The summed E-state index contributed by atoms with van der Waals surface area (Å²) in [5, 5.41) is 0. The van der Waals surface area contributed by atoms with E-state index in [2.05, 4.69) is 45.1 Å². The maximum Gasteiger partial charge on any atom is 0.222 e. The lowest BCUT2D eigenvalue weighted by molar-refractivity contribution is -0.131. The zero-order chi connectivity index (χ0) is 25.7. The topological polar surface area (TPSA) is 59.8 Å². The van der Waals surface area contributed by atoms with E-state index in [0.717, 1.165) is 82.0 Å². The Hall–Kier alpha value is -3.32. The quantitative estimate of drug-likeness (QED) is 0.424. The Labute approximate surface area is 221 Å². The van der Waals surface area contributed by atoms with Gasteiger partial charge in [0.25, 0.3) is 0 Å². The third-order valence-electron chi connectivity index (χ3n) is 6.73. The first-order chi connectivity index (χ1) is 18.2. The molecule has 4 rings (SSSR count). The summed E-state index contributed by atoms with van der Waals surface area (Å²) in [6.07, 6.45) is 9.87. The van der Waals surface area contributed by atoms with E-state index in [-0.39, 0.29) is 5.91 Å². The first-order valence-corrected chi connectivity index (χ1v) is 13.6. The summed E-state index contributed by atoms with van der Waals surface area (Å²) in [6, 6.07) is 16.7.